The highest BCUT2D eigenvalue weighted by atomic mass is 28.2. The highest BCUT2D eigenvalue weighted by Crippen LogP contribution is 2.31. The molecule has 0 aliphatic heterocycles. The second-order valence-electron chi connectivity index (χ2n) is 4.37. The van der Waals surface area contributed by atoms with Gasteiger partial charge in [0.15, 0.2) is 6.29 Å². The Bertz CT molecular complexity index is 325. The smallest absolute Gasteiger partial charge is 0.251 e. The molecule has 0 fully saturated rings. The normalized spacial score (nSPS) is 14.9. The maximum Gasteiger partial charge on any atom is 0.251 e. The summed E-state index contributed by atoms with van der Waals surface area (Å²) in [4.78, 5) is 0. The largest absolute Gasteiger partial charge is 0.466 e. The number of benzene rings is 1. The van der Waals surface area contributed by atoms with Gasteiger partial charge in [-0.25, -0.2) is 0 Å². The molecule has 2 atom stereocenters. The van der Waals surface area contributed by atoms with Crippen LogP contribution in [0.1, 0.15) is 39.2 Å². The number of rotatable bonds is 5. The van der Waals surface area contributed by atoms with Crippen LogP contribution in [0.4, 0.5) is 0 Å². The number of ether oxygens (including phenoxy) is 1. The Hall–Kier alpha value is -0.803. The zero-order valence-electron chi connectivity index (χ0n) is 10.4. The highest BCUT2D eigenvalue weighted by Gasteiger charge is 2.15. The average molecular weight is 235 g/mol. The summed E-state index contributed by atoms with van der Waals surface area (Å²) >= 11 is 0. The number of para-hydroxylation sites is 1. The van der Waals surface area contributed by atoms with E-state index in [1.165, 1.54) is 5.56 Å². The van der Waals surface area contributed by atoms with Gasteiger partial charge in [0.1, 0.15) is 5.75 Å². The Morgan fingerprint density at radius 3 is 2.25 bits per heavy atom. The van der Waals surface area contributed by atoms with E-state index < -0.39 is 0 Å². The predicted molar refractivity (Wildman–Crippen MR) is 66.6 cm³/mol. The summed E-state index contributed by atoms with van der Waals surface area (Å²) in [6.07, 6.45) is -0.294. The summed E-state index contributed by atoms with van der Waals surface area (Å²) in [5.41, 5.74) is 1.23. The van der Waals surface area contributed by atoms with E-state index in [4.69, 9.17) is 9.16 Å². The first-order valence-corrected chi connectivity index (χ1v) is 6.05. The summed E-state index contributed by atoms with van der Waals surface area (Å²) in [7, 11) is 2.99. The van der Waals surface area contributed by atoms with Crippen LogP contribution in [0.15, 0.2) is 24.3 Å². The van der Waals surface area contributed by atoms with Gasteiger partial charge in [-0.1, -0.05) is 39.0 Å². The molecule has 0 saturated heterocycles. The molecule has 0 aliphatic carbocycles. The Labute approximate surface area is 102 Å². The lowest BCUT2D eigenvalue weighted by atomic mass is 9.90. The fourth-order valence-electron chi connectivity index (χ4n) is 1.53. The molecular formula is C13H19O2Si. The molecule has 2 unspecified atom stereocenters. The van der Waals surface area contributed by atoms with Gasteiger partial charge < -0.3 is 9.16 Å². The minimum absolute atomic E-state index is 0.294. The summed E-state index contributed by atoms with van der Waals surface area (Å²) in [6, 6.07) is 8.11. The Balaban J connectivity index is 2.91. The fourth-order valence-corrected chi connectivity index (χ4v) is 1.57. The maximum absolute atomic E-state index is 5.70. The molecule has 3 heteroatoms. The van der Waals surface area contributed by atoms with Crippen molar-refractivity contribution in [3.8, 4) is 5.75 Å². The van der Waals surface area contributed by atoms with Gasteiger partial charge in [0, 0.05) is 0 Å². The predicted octanol–water partition coefficient (Wildman–Crippen LogP) is 3.27. The topological polar surface area (TPSA) is 18.5 Å². The van der Waals surface area contributed by atoms with Crippen LogP contribution in [0.3, 0.4) is 0 Å². The first-order chi connectivity index (χ1) is 7.56. The summed E-state index contributed by atoms with van der Waals surface area (Å²) in [6.45, 7) is 8.49. The monoisotopic (exact) mass is 235 g/mol. The maximum atomic E-state index is 5.70. The van der Waals surface area contributed by atoms with E-state index in [1.807, 2.05) is 25.1 Å². The fraction of sp³-hybridized carbons (Fsp3) is 0.538. The SMILES string of the molecule is CC(O[Si])Oc1ccccc1C(C)C(C)C. The van der Waals surface area contributed by atoms with Gasteiger partial charge in [-0.05, 0) is 30.4 Å². The van der Waals surface area contributed by atoms with Crippen molar-refractivity contribution in [3.05, 3.63) is 29.8 Å². The van der Waals surface area contributed by atoms with Crippen molar-refractivity contribution < 1.29 is 9.16 Å². The first kappa shape index (κ1) is 13.3. The Morgan fingerprint density at radius 1 is 1.06 bits per heavy atom. The van der Waals surface area contributed by atoms with E-state index in [-0.39, 0.29) is 6.29 Å². The molecule has 0 heterocycles. The summed E-state index contributed by atoms with van der Waals surface area (Å²) in [5, 5.41) is 0. The van der Waals surface area contributed by atoms with Gasteiger partial charge >= 0.3 is 0 Å². The third-order valence-corrected chi connectivity index (χ3v) is 3.20. The lowest BCUT2D eigenvalue weighted by Gasteiger charge is -2.21. The number of hydrogen-bond acceptors (Lipinski definition) is 2. The van der Waals surface area contributed by atoms with Crippen LogP contribution in [0.5, 0.6) is 5.75 Å². The Morgan fingerprint density at radius 2 is 1.69 bits per heavy atom. The van der Waals surface area contributed by atoms with Crippen molar-refractivity contribution in [2.24, 2.45) is 5.92 Å². The molecule has 0 saturated carbocycles. The minimum Gasteiger partial charge on any atom is -0.466 e. The van der Waals surface area contributed by atoms with Crippen molar-refractivity contribution in [1.29, 1.82) is 0 Å². The van der Waals surface area contributed by atoms with Crippen LogP contribution in [0, 0.1) is 5.92 Å². The minimum atomic E-state index is -0.294. The van der Waals surface area contributed by atoms with Crippen LogP contribution >= 0.6 is 0 Å². The van der Waals surface area contributed by atoms with Gasteiger partial charge in [-0.2, -0.15) is 0 Å². The highest BCUT2D eigenvalue weighted by molar-refractivity contribution is 5.98. The molecule has 1 aromatic rings. The molecule has 87 valence electrons. The molecule has 0 spiro atoms. The standard InChI is InChI=1S/C13H19O2Si/c1-9(2)10(3)12-7-5-6-8-13(12)14-11(4)15-16/h5-11H,1-4H3. The molecule has 1 aromatic carbocycles. The van der Waals surface area contributed by atoms with E-state index in [2.05, 4.69) is 37.3 Å². The van der Waals surface area contributed by atoms with E-state index in [1.54, 1.807) is 0 Å². The van der Waals surface area contributed by atoms with E-state index in [0.29, 0.717) is 11.8 Å². The first-order valence-electron chi connectivity index (χ1n) is 5.64. The third-order valence-electron chi connectivity index (χ3n) is 2.87. The number of hydrogen-bond donors (Lipinski definition) is 0. The summed E-state index contributed by atoms with van der Waals surface area (Å²) < 4.78 is 10.6. The van der Waals surface area contributed by atoms with Gasteiger partial charge in [0.05, 0.1) is 0 Å². The zero-order chi connectivity index (χ0) is 12.1. The van der Waals surface area contributed by atoms with Crippen molar-refractivity contribution in [3.63, 3.8) is 0 Å². The molecule has 16 heavy (non-hydrogen) atoms. The molecule has 0 amide bonds. The van der Waals surface area contributed by atoms with Crippen molar-refractivity contribution in [2.75, 3.05) is 0 Å². The lowest BCUT2D eigenvalue weighted by Crippen LogP contribution is -2.16. The van der Waals surface area contributed by atoms with Crippen LogP contribution in [-0.2, 0) is 4.43 Å². The van der Waals surface area contributed by atoms with E-state index in [0.717, 1.165) is 5.75 Å². The Kier molecular flexibility index (Phi) is 5.02. The molecule has 2 nitrogen and oxygen atoms in total. The summed E-state index contributed by atoms with van der Waals surface area (Å²) in [5.74, 6) is 1.96. The molecule has 3 radical (unpaired) electrons. The quantitative estimate of drug-likeness (QED) is 0.576. The van der Waals surface area contributed by atoms with Crippen LogP contribution in [-0.4, -0.2) is 16.8 Å². The van der Waals surface area contributed by atoms with Crippen molar-refractivity contribution in [1.82, 2.24) is 0 Å². The van der Waals surface area contributed by atoms with Crippen LogP contribution in [0.2, 0.25) is 0 Å². The van der Waals surface area contributed by atoms with Crippen molar-refractivity contribution >= 4 is 10.5 Å². The van der Waals surface area contributed by atoms with Crippen LogP contribution in [0.25, 0.3) is 0 Å². The molecule has 1 rings (SSSR count). The second-order valence-corrected chi connectivity index (χ2v) is 4.61. The molecular weight excluding hydrogens is 216 g/mol. The molecule has 0 aromatic heterocycles. The van der Waals surface area contributed by atoms with E-state index in [9.17, 15) is 0 Å². The lowest BCUT2D eigenvalue weighted by molar-refractivity contribution is 0.0284. The van der Waals surface area contributed by atoms with Gasteiger partial charge in [-0.15, -0.1) is 0 Å². The van der Waals surface area contributed by atoms with Crippen LogP contribution < -0.4 is 4.74 Å². The van der Waals surface area contributed by atoms with Gasteiger partial charge in [0.25, 0.3) is 10.5 Å². The average Bonchev–Trinajstić information content (AvgIpc) is 2.28. The molecule has 0 N–H and O–H groups in total. The van der Waals surface area contributed by atoms with E-state index >= 15 is 0 Å². The zero-order valence-corrected chi connectivity index (χ0v) is 11.4. The molecule has 0 bridgehead atoms. The van der Waals surface area contributed by atoms with Gasteiger partial charge in [-0.3, -0.25) is 0 Å². The second kappa shape index (κ2) is 6.06. The molecule has 0 aliphatic rings. The third kappa shape index (κ3) is 3.35. The van der Waals surface area contributed by atoms with Gasteiger partial charge in [0.2, 0.25) is 0 Å². The van der Waals surface area contributed by atoms with Crippen molar-refractivity contribution in [2.45, 2.75) is 39.9 Å².